The van der Waals surface area contributed by atoms with Crippen LogP contribution in [0.15, 0.2) is 22.7 Å². The fourth-order valence-corrected chi connectivity index (χ4v) is 1.98. The van der Waals surface area contributed by atoms with Crippen molar-refractivity contribution in [2.75, 3.05) is 13.6 Å². The molecule has 0 saturated carbocycles. The molecular formula is C12H17BrFNO. The van der Waals surface area contributed by atoms with Gasteiger partial charge in [-0.25, -0.2) is 4.39 Å². The number of rotatable bonds is 5. The molecule has 16 heavy (non-hydrogen) atoms. The van der Waals surface area contributed by atoms with Gasteiger partial charge in [-0.2, -0.15) is 0 Å². The molecule has 1 unspecified atom stereocenters. The van der Waals surface area contributed by atoms with E-state index in [-0.39, 0.29) is 5.82 Å². The third-order valence-corrected chi connectivity index (χ3v) is 3.40. The van der Waals surface area contributed by atoms with Crippen molar-refractivity contribution in [1.82, 2.24) is 5.32 Å². The molecule has 0 bridgehead atoms. The molecule has 1 aromatic rings. The summed E-state index contributed by atoms with van der Waals surface area (Å²) in [6.45, 7) is 2.50. The van der Waals surface area contributed by atoms with Crippen molar-refractivity contribution in [3.8, 4) is 0 Å². The van der Waals surface area contributed by atoms with Gasteiger partial charge in [0.1, 0.15) is 5.82 Å². The number of hydrogen-bond acceptors (Lipinski definition) is 2. The molecule has 0 heterocycles. The molecule has 1 atom stereocenters. The molecule has 0 fully saturated rings. The van der Waals surface area contributed by atoms with E-state index in [4.69, 9.17) is 0 Å². The van der Waals surface area contributed by atoms with Gasteiger partial charge in [0.15, 0.2) is 0 Å². The maximum Gasteiger partial charge on any atom is 0.137 e. The molecule has 1 aromatic carbocycles. The maximum atomic E-state index is 13.3. The van der Waals surface area contributed by atoms with E-state index in [0.717, 1.165) is 12.1 Å². The summed E-state index contributed by atoms with van der Waals surface area (Å²) < 4.78 is 13.7. The molecule has 2 nitrogen and oxygen atoms in total. The van der Waals surface area contributed by atoms with Crippen LogP contribution >= 0.6 is 15.9 Å². The highest BCUT2D eigenvalue weighted by molar-refractivity contribution is 9.10. The molecule has 0 spiro atoms. The van der Waals surface area contributed by atoms with Crippen LogP contribution in [0.3, 0.4) is 0 Å². The van der Waals surface area contributed by atoms with Crippen molar-refractivity contribution >= 4 is 15.9 Å². The number of benzene rings is 1. The van der Waals surface area contributed by atoms with Gasteiger partial charge >= 0.3 is 0 Å². The summed E-state index contributed by atoms with van der Waals surface area (Å²) in [5.41, 5.74) is -0.0274. The van der Waals surface area contributed by atoms with Crippen molar-refractivity contribution in [2.45, 2.75) is 25.4 Å². The van der Waals surface area contributed by atoms with Crippen LogP contribution in [0, 0.1) is 5.82 Å². The fourth-order valence-electron chi connectivity index (χ4n) is 1.58. The lowest BCUT2D eigenvalue weighted by molar-refractivity contribution is 0.0518. The van der Waals surface area contributed by atoms with Crippen molar-refractivity contribution < 1.29 is 9.50 Å². The predicted molar refractivity (Wildman–Crippen MR) is 67.0 cm³/mol. The van der Waals surface area contributed by atoms with E-state index in [1.54, 1.807) is 13.0 Å². The van der Waals surface area contributed by atoms with Crippen LogP contribution in [0.25, 0.3) is 0 Å². The minimum atomic E-state index is -0.820. The first-order chi connectivity index (χ1) is 7.46. The Morgan fingerprint density at radius 2 is 2.19 bits per heavy atom. The first-order valence-electron chi connectivity index (χ1n) is 5.26. The summed E-state index contributed by atoms with van der Waals surface area (Å²) in [5.74, 6) is -0.290. The summed E-state index contributed by atoms with van der Waals surface area (Å²) >= 11 is 3.20. The van der Waals surface area contributed by atoms with Crippen molar-refractivity contribution in [1.29, 1.82) is 0 Å². The van der Waals surface area contributed by atoms with Crippen LogP contribution in [-0.2, 0) is 6.42 Å². The van der Waals surface area contributed by atoms with Gasteiger partial charge in [0, 0.05) is 6.42 Å². The van der Waals surface area contributed by atoms with Crippen LogP contribution in [-0.4, -0.2) is 24.3 Å². The summed E-state index contributed by atoms with van der Waals surface area (Å²) in [7, 11) is 1.84. The van der Waals surface area contributed by atoms with E-state index >= 15 is 0 Å². The van der Waals surface area contributed by atoms with E-state index in [2.05, 4.69) is 21.2 Å². The largest absolute Gasteiger partial charge is 0.390 e. The van der Waals surface area contributed by atoms with Gasteiger partial charge in [-0.05, 0) is 54.5 Å². The summed E-state index contributed by atoms with van der Waals surface area (Å²) in [6, 6.07) is 4.88. The molecule has 0 amide bonds. The average Bonchev–Trinajstić information content (AvgIpc) is 2.22. The van der Waals surface area contributed by atoms with Crippen LogP contribution in [0.1, 0.15) is 18.9 Å². The van der Waals surface area contributed by atoms with Crippen LogP contribution in [0.4, 0.5) is 4.39 Å². The summed E-state index contributed by atoms with van der Waals surface area (Å²) in [5, 5.41) is 13.1. The van der Waals surface area contributed by atoms with E-state index < -0.39 is 5.60 Å². The molecule has 0 radical (unpaired) electrons. The molecular weight excluding hydrogens is 273 g/mol. The lowest BCUT2D eigenvalue weighted by Crippen LogP contribution is -2.31. The zero-order valence-electron chi connectivity index (χ0n) is 9.56. The quantitative estimate of drug-likeness (QED) is 0.873. The van der Waals surface area contributed by atoms with Gasteiger partial charge in [-0.3, -0.25) is 0 Å². The van der Waals surface area contributed by atoms with Crippen LogP contribution in [0.5, 0.6) is 0 Å². The smallest absolute Gasteiger partial charge is 0.137 e. The minimum Gasteiger partial charge on any atom is -0.390 e. The van der Waals surface area contributed by atoms with E-state index in [9.17, 15) is 9.50 Å². The van der Waals surface area contributed by atoms with Gasteiger partial charge < -0.3 is 10.4 Å². The number of halogens is 2. The summed E-state index contributed by atoms with van der Waals surface area (Å²) in [6.07, 6.45) is 1.07. The topological polar surface area (TPSA) is 32.3 Å². The standard InChI is InChI=1S/C12H17BrFNO/c1-12(16,6-7-15-2)8-9-4-3-5-10(14)11(9)13/h3-5,15-16H,6-8H2,1-2H3. The molecule has 0 aromatic heterocycles. The monoisotopic (exact) mass is 289 g/mol. The second-order valence-electron chi connectivity index (χ2n) is 4.24. The van der Waals surface area contributed by atoms with Crippen molar-refractivity contribution in [3.63, 3.8) is 0 Å². The lowest BCUT2D eigenvalue weighted by atomic mass is 9.93. The van der Waals surface area contributed by atoms with Gasteiger partial charge in [0.05, 0.1) is 10.1 Å². The lowest BCUT2D eigenvalue weighted by Gasteiger charge is -2.23. The minimum absolute atomic E-state index is 0.290. The molecule has 90 valence electrons. The van der Waals surface area contributed by atoms with Crippen molar-refractivity contribution in [2.24, 2.45) is 0 Å². The highest BCUT2D eigenvalue weighted by Gasteiger charge is 2.22. The fraction of sp³-hybridized carbons (Fsp3) is 0.500. The van der Waals surface area contributed by atoms with E-state index in [1.165, 1.54) is 6.07 Å². The van der Waals surface area contributed by atoms with Crippen molar-refractivity contribution in [3.05, 3.63) is 34.1 Å². The second-order valence-corrected chi connectivity index (χ2v) is 5.03. The number of aliphatic hydroxyl groups is 1. The molecule has 0 saturated heterocycles. The first kappa shape index (κ1) is 13.6. The third-order valence-electron chi connectivity index (χ3n) is 2.52. The highest BCUT2D eigenvalue weighted by Crippen LogP contribution is 2.25. The Morgan fingerprint density at radius 1 is 1.50 bits per heavy atom. The second kappa shape index (κ2) is 5.75. The molecule has 0 aliphatic heterocycles. The van der Waals surface area contributed by atoms with Gasteiger partial charge in [0.2, 0.25) is 0 Å². The highest BCUT2D eigenvalue weighted by atomic mass is 79.9. The zero-order valence-corrected chi connectivity index (χ0v) is 11.1. The predicted octanol–water partition coefficient (Wildman–Crippen LogP) is 2.49. The summed E-state index contributed by atoms with van der Waals surface area (Å²) in [4.78, 5) is 0. The Hall–Kier alpha value is -0.450. The molecule has 0 aliphatic rings. The maximum absolute atomic E-state index is 13.3. The average molecular weight is 290 g/mol. The number of hydrogen-bond donors (Lipinski definition) is 2. The van der Waals surface area contributed by atoms with E-state index in [0.29, 0.717) is 17.3 Å². The third kappa shape index (κ3) is 3.85. The zero-order chi connectivity index (χ0) is 12.2. The Balaban J connectivity index is 2.75. The Kier molecular flexibility index (Phi) is 4.89. The number of nitrogens with one attached hydrogen (secondary N) is 1. The van der Waals surface area contributed by atoms with Gasteiger partial charge in [-0.15, -0.1) is 0 Å². The first-order valence-corrected chi connectivity index (χ1v) is 6.05. The molecule has 4 heteroatoms. The molecule has 1 rings (SSSR count). The van der Waals surface area contributed by atoms with Crippen LogP contribution < -0.4 is 5.32 Å². The normalized spacial score (nSPS) is 14.8. The SMILES string of the molecule is CNCCC(C)(O)Cc1cccc(F)c1Br. The molecule has 0 aliphatic carbocycles. The van der Waals surface area contributed by atoms with Crippen LogP contribution in [0.2, 0.25) is 0 Å². The Morgan fingerprint density at radius 3 is 2.81 bits per heavy atom. The Labute approximate surface area is 104 Å². The van der Waals surface area contributed by atoms with Gasteiger partial charge in [-0.1, -0.05) is 12.1 Å². The van der Waals surface area contributed by atoms with Gasteiger partial charge in [0.25, 0.3) is 0 Å². The van der Waals surface area contributed by atoms with E-state index in [1.807, 2.05) is 13.1 Å². The Bertz CT molecular complexity index is 355. The molecule has 2 N–H and O–H groups in total.